The molecule has 0 aliphatic heterocycles. The molecule has 0 bridgehead atoms. The van der Waals surface area contributed by atoms with Crippen LogP contribution in [0.1, 0.15) is 36.8 Å². The smallest absolute Gasteiger partial charge is 0.246 e. The monoisotopic (exact) mass is 278 g/mol. The van der Waals surface area contributed by atoms with Gasteiger partial charge in [0.05, 0.1) is 6.07 Å². The van der Waals surface area contributed by atoms with Gasteiger partial charge in [0.25, 0.3) is 0 Å². The van der Waals surface area contributed by atoms with Crippen LogP contribution in [0.2, 0.25) is 0 Å². The minimum Gasteiger partial charge on any atom is -0.325 e. The van der Waals surface area contributed by atoms with Crippen molar-refractivity contribution in [2.75, 3.05) is 5.32 Å². The van der Waals surface area contributed by atoms with Crippen molar-refractivity contribution < 1.29 is 4.79 Å². The van der Waals surface area contributed by atoms with Gasteiger partial charge in [0.1, 0.15) is 0 Å². The van der Waals surface area contributed by atoms with E-state index in [0.29, 0.717) is 17.2 Å². The predicted octanol–water partition coefficient (Wildman–Crippen LogP) is 4.06. The molecule has 0 spiro atoms. The molecule has 0 saturated heterocycles. The van der Waals surface area contributed by atoms with Gasteiger partial charge in [-0.15, -0.1) is 0 Å². The lowest BCUT2D eigenvalue weighted by atomic mass is 9.99. The van der Waals surface area contributed by atoms with Crippen molar-refractivity contribution in [1.82, 2.24) is 0 Å². The second-order valence-electron chi connectivity index (χ2n) is 5.24. The third-order valence-corrected chi connectivity index (χ3v) is 3.37. The average Bonchev–Trinajstić information content (AvgIpc) is 2.49. The van der Waals surface area contributed by atoms with E-state index in [-0.39, 0.29) is 5.91 Å². The molecular weight excluding hydrogens is 260 g/mol. The zero-order valence-electron chi connectivity index (χ0n) is 12.2. The molecule has 0 aliphatic carbocycles. The quantitative estimate of drug-likeness (QED) is 0.917. The van der Waals surface area contributed by atoms with Crippen LogP contribution in [-0.2, 0) is 4.79 Å². The Morgan fingerprint density at radius 2 is 1.62 bits per heavy atom. The number of amides is 1. The number of nitriles is 1. The van der Waals surface area contributed by atoms with Crippen LogP contribution >= 0.6 is 0 Å². The second kappa shape index (κ2) is 6.71. The molecule has 3 nitrogen and oxygen atoms in total. The number of hydrogen-bond acceptors (Lipinski definition) is 2. The van der Waals surface area contributed by atoms with Gasteiger partial charge in [-0.3, -0.25) is 4.79 Å². The fourth-order valence-electron chi connectivity index (χ4n) is 2.10. The third-order valence-electron chi connectivity index (χ3n) is 3.37. The average molecular weight is 278 g/mol. The summed E-state index contributed by atoms with van der Waals surface area (Å²) in [6.45, 7) is 4.24. The Labute approximate surface area is 125 Å². The van der Waals surface area contributed by atoms with Gasteiger partial charge in [0.2, 0.25) is 5.91 Å². The van der Waals surface area contributed by atoms with Crippen LogP contribution in [-0.4, -0.2) is 5.91 Å². The van der Waals surface area contributed by atoms with Gasteiger partial charge >= 0.3 is 0 Å². The minimum atomic E-state index is -0.795. The minimum absolute atomic E-state index is 0.305. The molecule has 1 atom stereocenters. The standard InChI is InChI=1S/C18H18N2O/c1-13(2)14-8-10-16(11-9-14)20-18(21)17(12-19)15-6-4-3-5-7-15/h3-11,13,17H,1-2H3,(H,20,21). The number of anilines is 1. The molecular formula is C18H18N2O. The zero-order chi connectivity index (χ0) is 15.2. The number of nitrogens with one attached hydrogen (secondary N) is 1. The SMILES string of the molecule is CC(C)c1ccc(NC(=O)C(C#N)c2ccccc2)cc1. The fraction of sp³-hybridized carbons (Fsp3) is 0.222. The van der Waals surface area contributed by atoms with Crippen molar-refractivity contribution in [2.45, 2.75) is 25.7 Å². The van der Waals surface area contributed by atoms with Gasteiger partial charge in [0, 0.05) is 5.69 Å². The van der Waals surface area contributed by atoms with Crippen molar-refractivity contribution in [1.29, 1.82) is 5.26 Å². The molecule has 21 heavy (non-hydrogen) atoms. The molecule has 1 N–H and O–H groups in total. The first kappa shape index (κ1) is 14.8. The summed E-state index contributed by atoms with van der Waals surface area (Å²) < 4.78 is 0. The highest BCUT2D eigenvalue weighted by Gasteiger charge is 2.19. The highest BCUT2D eigenvalue weighted by molar-refractivity contribution is 5.97. The maximum Gasteiger partial charge on any atom is 0.246 e. The van der Waals surface area contributed by atoms with Gasteiger partial charge in [-0.2, -0.15) is 5.26 Å². The summed E-state index contributed by atoms with van der Waals surface area (Å²) in [5, 5.41) is 12.0. The lowest BCUT2D eigenvalue weighted by Gasteiger charge is -2.11. The Hall–Kier alpha value is -2.60. The summed E-state index contributed by atoms with van der Waals surface area (Å²) in [7, 11) is 0. The van der Waals surface area contributed by atoms with Crippen LogP contribution in [0.4, 0.5) is 5.69 Å². The first-order valence-corrected chi connectivity index (χ1v) is 6.97. The predicted molar refractivity (Wildman–Crippen MR) is 84.0 cm³/mol. The van der Waals surface area contributed by atoms with Crippen molar-refractivity contribution >= 4 is 11.6 Å². The van der Waals surface area contributed by atoms with E-state index < -0.39 is 5.92 Å². The largest absolute Gasteiger partial charge is 0.325 e. The van der Waals surface area contributed by atoms with Crippen LogP contribution < -0.4 is 5.32 Å². The van der Waals surface area contributed by atoms with E-state index in [0.717, 1.165) is 0 Å². The molecule has 1 unspecified atom stereocenters. The normalized spacial score (nSPS) is 11.7. The molecule has 2 aromatic rings. The topological polar surface area (TPSA) is 52.9 Å². The molecule has 2 rings (SSSR count). The maximum atomic E-state index is 12.2. The third kappa shape index (κ3) is 3.70. The second-order valence-corrected chi connectivity index (χ2v) is 5.24. The van der Waals surface area contributed by atoms with Crippen LogP contribution in [0.25, 0.3) is 0 Å². The van der Waals surface area contributed by atoms with E-state index in [1.54, 1.807) is 12.1 Å². The highest BCUT2D eigenvalue weighted by Crippen LogP contribution is 2.20. The maximum absolute atomic E-state index is 12.2. The highest BCUT2D eigenvalue weighted by atomic mass is 16.1. The summed E-state index contributed by atoms with van der Waals surface area (Å²) in [5.74, 6) is -0.650. The number of rotatable bonds is 4. The number of hydrogen-bond donors (Lipinski definition) is 1. The first-order valence-electron chi connectivity index (χ1n) is 6.97. The summed E-state index contributed by atoms with van der Waals surface area (Å²) in [5.41, 5.74) is 2.63. The van der Waals surface area contributed by atoms with E-state index >= 15 is 0 Å². The first-order chi connectivity index (χ1) is 10.1. The van der Waals surface area contributed by atoms with Crippen LogP contribution in [0, 0.1) is 11.3 Å². The van der Waals surface area contributed by atoms with Gasteiger partial charge in [-0.1, -0.05) is 56.3 Å². The molecule has 3 heteroatoms. The summed E-state index contributed by atoms with van der Waals surface area (Å²) in [6.07, 6.45) is 0. The van der Waals surface area contributed by atoms with E-state index in [9.17, 15) is 10.1 Å². The Morgan fingerprint density at radius 3 is 2.14 bits per heavy atom. The Bertz CT molecular complexity index is 639. The molecule has 0 aromatic heterocycles. The lowest BCUT2D eigenvalue weighted by Crippen LogP contribution is -2.19. The molecule has 2 aromatic carbocycles. The number of carbonyl (C=O) groups is 1. The van der Waals surface area contributed by atoms with E-state index in [1.165, 1.54) is 5.56 Å². The van der Waals surface area contributed by atoms with E-state index in [2.05, 4.69) is 25.2 Å². The van der Waals surface area contributed by atoms with Crippen molar-refractivity contribution in [3.63, 3.8) is 0 Å². The van der Waals surface area contributed by atoms with Gasteiger partial charge in [-0.25, -0.2) is 0 Å². The number of carbonyl (C=O) groups excluding carboxylic acids is 1. The van der Waals surface area contributed by atoms with E-state index in [1.807, 2.05) is 42.5 Å². The van der Waals surface area contributed by atoms with Crippen molar-refractivity contribution in [3.05, 3.63) is 65.7 Å². The molecule has 0 heterocycles. The number of benzene rings is 2. The van der Waals surface area contributed by atoms with E-state index in [4.69, 9.17) is 0 Å². The molecule has 0 aliphatic rings. The Balaban J connectivity index is 2.11. The van der Waals surface area contributed by atoms with Crippen LogP contribution in [0.3, 0.4) is 0 Å². The Morgan fingerprint density at radius 1 is 1.00 bits per heavy atom. The van der Waals surface area contributed by atoms with Gasteiger partial charge in [0.15, 0.2) is 5.92 Å². The zero-order valence-corrected chi connectivity index (χ0v) is 12.2. The van der Waals surface area contributed by atoms with Crippen LogP contribution in [0.5, 0.6) is 0 Å². The lowest BCUT2D eigenvalue weighted by molar-refractivity contribution is -0.116. The van der Waals surface area contributed by atoms with Crippen molar-refractivity contribution in [2.24, 2.45) is 0 Å². The molecule has 0 fully saturated rings. The molecule has 0 radical (unpaired) electrons. The van der Waals surface area contributed by atoms with Crippen LogP contribution in [0.15, 0.2) is 54.6 Å². The van der Waals surface area contributed by atoms with Crippen molar-refractivity contribution in [3.8, 4) is 6.07 Å². The Kier molecular flexibility index (Phi) is 4.73. The van der Waals surface area contributed by atoms with Gasteiger partial charge < -0.3 is 5.32 Å². The van der Waals surface area contributed by atoms with Gasteiger partial charge in [-0.05, 0) is 29.2 Å². The summed E-state index contributed by atoms with van der Waals surface area (Å²) in [6, 6.07) is 18.9. The number of nitrogens with zero attached hydrogens (tertiary/aromatic N) is 1. The summed E-state index contributed by atoms with van der Waals surface area (Å²) in [4.78, 5) is 12.2. The summed E-state index contributed by atoms with van der Waals surface area (Å²) >= 11 is 0. The molecule has 106 valence electrons. The molecule has 0 saturated carbocycles. The fourth-order valence-corrected chi connectivity index (χ4v) is 2.10. The molecule has 1 amide bonds.